The van der Waals surface area contributed by atoms with Crippen LogP contribution < -0.4 is 18.9 Å². The molecule has 0 N–H and O–H groups in total. The average molecular weight is 440 g/mol. The van der Waals surface area contributed by atoms with Gasteiger partial charge in [0.05, 0.1) is 7.11 Å². The summed E-state index contributed by atoms with van der Waals surface area (Å²) >= 11 is 1.65. The van der Waals surface area contributed by atoms with Crippen molar-refractivity contribution >= 4 is 17.2 Å². The van der Waals surface area contributed by atoms with Gasteiger partial charge in [-0.05, 0) is 48.2 Å². The van der Waals surface area contributed by atoms with Gasteiger partial charge in [0.1, 0.15) is 13.2 Å². The van der Waals surface area contributed by atoms with Crippen molar-refractivity contribution in [3.05, 3.63) is 70.4 Å². The van der Waals surface area contributed by atoms with E-state index in [-0.39, 0.29) is 12.5 Å². The Labute approximate surface area is 185 Å². The van der Waals surface area contributed by atoms with Crippen molar-refractivity contribution in [2.24, 2.45) is 0 Å². The molecule has 0 aliphatic carbocycles. The van der Waals surface area contributed by atoms with Gasteiger partial charge in [-0.2, -0.15) is 0 Å². The molecule has 1 aliphatic rings. The monoisotopic (exact) mass is 439 g/mol. The summed E-state index contributed by atoms with van der Waals surface area (Å²) in [4.78, 5) is 16.0. The first-order valence-electron chi connectivity index (χ1n) is 10.2. The number of methoxy groups -OCH3 is 1. The molecule has 31 heavy (non-hydrogen) atoms. The molecule has 0 saturated carbocycles. The highest BCUT2D eigenvalue weighted by Gasteiger charge is 2.30. The van der Waals surface area contributed by atoms with Crippen LogP contribution in [0.1, 0.15) is 17.4 Å². The predicted molar refractivity (Wildman–Crippen MR) is 119 cm³/mol. The standard InChI is InChI=1S/C24H25NO5S/c1-3-25(24(26)23-16-29-19-8-4-5-9-21(19)30-23)14-17-10-11-20(22(13-17)27-2)28-15-18-7-6-12-31-18/h4-13,23H,3,14-16H2,1-2H3/t23-/m0/s1. The summed E-state index contributed by atoms with van der Waals surface area (Å²) in [5.74, 6) is 2.47. The zero-order valence-corrected chi connectivity index (χ0v) is 18.4. The van der Waals surface area contributed by atoms with Gasteiger partial charge >= 0.3 is 0 Å². The van der Waals surface area contributed by atoms with E-state index in [1.54, 1.807) is 23.3 Å². The van der Waals surface area contributed by atoms with E-state index in [2.05, 4.69) is 0 Å². The first kappa shape index (κ1) is 21.1. The molecule has 0 fully saturated rings. The van der Waals surface area contributed by atoms with Crippen molar-refractivity contribution in [2.45, 2.75) is 26.2 Å². The molecule has 4 rings (SSSR count). The molecule has 1 amide bonds. The number of ether oxygens (including phenoxy) is 4. The van der Waals surface area contributed by atoms with Crippen LogP contribution in [-0.4, -0.2) is 37.2 Å². The largest absolute Gasteiger partial charge is 0.493 e. The molecule has 0 bridgehead atoms. The molecule has 1 aromatic heterocycles. The molecule has 7 heteroatoms. The van der Waals surface area contributed by atoms with Gasteiger partial charge in [0, 0.05) is 18.0 Å². The maximum absolute atomic E-state index is 13.1. The number of carbonyl (C=O) groups excluding carboxylic acids is 1. The van der Waals surface area contributed by atoms with Crippen LogP contribution in [0.3, 0.4) is 0 Å². The van der Waals surface area contributed by atoms with Gasteiger partial charge in [0.25, 0.3) is 5.91 Å². The van der Waals surface area contributed by atoms with E-state index in [1.807, 2.05) is 66.9 Å². The molecule has 3 aromatic rings. The van der Waals surface area contributed by atoms with Crippen molar-refractivity contribution in [1.29, 1.82) is 0 Å². The summed E-state index contributed by atoms with van der Waals surface area (Å²) in [5.41, 5.74) is 0.952. The summed E-state index contributed by atoms with van der Waals surface area (Å²) in [6.07, 6.45) is -0.662. The molecule has 0 radical (unpaired) electrons. The summed E-state index contributed by atoms with van der Waals surface area (Å²) in [5, 5.41) is 2.02. The second kappa shape index (κ2) is 9.75. The molecule has 2 aromatic carbocycles. The molecule has 162 valence electrons. The van der Waals surface area contributed by atoms with Gasteiger partial charge in [0.15, 0.2) is 23.0 Å². The average Bonchev–Trinajstić information content (AvgIpc) is 3.34. The van der Waals surface area contributed by atoms with Gasteiger partial charge in [-0.25, -0.2) is 0 Å². The number of para-hydroxylation sites is 2. The fourth-order valence-corrected chi connectivity index (χ4v) is 4.00. The number of rotatable bonds is 8. The summed E-state index contributed by atoms with van der Waals surface area (Å²) in [6, 6.07) is 17.2. The van der Waals surface area contributed by atoms with E-state index >= 15 is 0 Å². The molecule has 0 unspecified atom stereocenters. The third kappa shape index (κ3) is 4.94. The quantitative estimate of drug-likeness (QED) is 0.516. The molecule has 1 aliphatic heterocycles. The van der Waals surface area contributed by atoms with Gasteiger partial charge in [-0.1, -0.05) is 24.3 Å². The van der Waals surface area contributed by atoms with Crippen molar-refractivity contribution in [3.8, 4) is 23.0 Å². The minimum Gasteiger partial charge on any atom is -0.493 e. The van der Waals surface area contributed by atoms with E-state index in [1.165, 1.54) is 0 Å². The highest BCUT2D eigenvalue weighted by atomic mass is 32.1. The Balaban J connectivity index is 1.42. The predicted octanol–water partition coefficient (Wildman–Crippen LogP) is 4.52. The molecule has 0 spiro atoms. The minimum atomic E-state index is -0.662. The lowest BCUT2D eigenvalue weighted by Gasteiger charge is -2.30. The van der Waals surface area contributed by atoms with Gasteiger partial charge in [-0.15, -0.1) is 11.3 Å². The molecule has 1 atom stereocenters. The van der Waals surface area contributed by atoms with E-state index in [4.69, 9.17) is 18.9 Å². The van der Waals surface area contributed by atoms with E-state index in [9.17, 15) is 4.79 Å². The summed E-state index contributed by atoms with van der Waals surface area (Å²) < 4.78 is 23.0. The van der Waals surface area contributed by atoms with Crippen LogP contribution >= 0.6 is 11.3 Å². The minimum absolute atomic E-state index is 0.103. The van der Waals surface area contributed by atoms with Crippen LogP contribution in [0.5, 0.6) is 23.0 Å². The third-order valence-corrected chi connectivity index (χ3v) is 5.88. The SMILES string of the molecule is CCN(Cc1ccc(OCc2cccs2)c(OC)c1)C(=O)[C@@H]1COc2ccccc2O1. The number of hydrogen-bond acceptors (Lipinski definition) is 6. The molecular formula is C24H25NO5S. The fraction of sp³-hybridized carbons (Fsp3) is 0.292. The number of likely N-dealkylation sites (N-methyl/N-ethyl adjacent to an activating group) is 1. The Morgan fingerprint density at radius 3 is 2.71 bits per heavy atom. The van der Waals surface area contributed by atoms with Crippen molar-refractivity contribution in [1.82, 2.24) is 4.90 Å². The summed E-state index contributed by atoms with van der Waals surface area (Å²) in [6.45, 7) is 3.64. The number of hydrogen-bond donors (Lipinski definition) is 0. The first-order chi connectivity index (χ1) is 15.2. The lowest BCUT2D eigenvalue weighted by atomic mass is 10.1. The molecule has 0 saturated heterocycles. The summed E-state index contributed by atoms with van der Waals surface area (Å²) in [7, 11) is 1.62. The number of fused-ring (bicyclic) bond motifs is 1. The second-order valence-electron chi connectivity index (χ2n) is 7.07. The van der Waals surface area contributed by atoms with Crippen molar-refractivity contribution in [3.63, 3.8) is 0 Å². The van der Waals surface area contributed by atoms with Gasteiger partial charge in [0.2, 0.25) is 6.10 Å². The van der Waals surface area contributed by atoms with E-state index in [0.29, 0.717) is 42.7 Å². The first-order valence-corrected chi connectivity index (χ1v) is 11.0. The number of thiophene rings is 1. The third-order valence-electron chi connectivity index (χ3n) is 5.03. The van der Waals surface area contributed by atoms with Crippen LogP contribution in [-0.2, 0) is 17.9 Å². The van der Waals surface area contributed by atoms with Crippen molar-refractivity contribution in [2.75, 3.05) is 20.3 Å². The fourth-order valence-electron chi connectivity index (χ4n) is 3.38. The number of carbonyl (C=O) groups is 1. The molecule has 2 heterocycles. The maximum atomic E-state index is 13.1. The lowest BCUT2D eigenvalue weighted by molar-refractivity contribution is -0.141. The Hall–Kier alpha value is -3.19. The smallest absolute Gasteiger partial charge is 0.267 e. The van der Waals surface area contributed by atoms with E-state index in [0.717, 1.165) is 10.4 Å². The maximum Gasteiger partial charge on any atom is 0.267 e. The van der Waals surface area contributed by atoms with Gasteiger partial charge < -0.3 is 23.8 Å². The van der Waals surface area contributed by atoms with Crippen LogP contribution in [0.15, 0.2) is 60.0 Å². The van der Waals surface area contributed by atoms with Crippen LogP contribution in [0.25, 0.3) is 0 Å². The Morgan fingerprint density at radius 1 is 1.13 bits per heavy atom. The Bertz CT molecular complexity index is 1020. The van der Waals surface area contributed by atoms with Gasteiger partial charge in [-0.3, -0.25) is 4.79 Å². The lowest BCUT2D eigenvalue weighted by Crippen LogP contribution is -2.46. The highest BCUT2D eigenvalue weighted by molar-refractivity contribution is 7.09. The normalized spacial score (nSPS) is 14.7. The zero-order chi connectivity index (χ0) is 21.6. The zero-order valence-electron chi connectivity index (χ0n) is 17.6. The molecule has 6 nitrogen and oxygen atoms in total. The van der Waals surface area contributed by atoms with E-state index < -0.39 is 6.10 Å². The Morgan fingerprint density at radius 2 is 1.97 bits per heavy atom. The number of amides is 1. The number of nitrogens with zero attached hydrogens (tertiary/aromatic N) is 1. The van der Waals surface area contributed by atoms with Crippen molar-refractivity contribution < 1.29 is 23.7 Å². The van der Waals surface area contributed by atoms with Crippen LogP contribution in [0.2, 0.25) is 0 Å². The molecular weight excluding hydrogens is 414 g/mol. The Kier molecular flexibility index (Phi) is 6.62. The number of benzene rings is 2. The van der Waals surface area contributed by atoms with Crippen LogP contribution in [0.4, 0.5) is 0 Å². The van der Waals surface area contributed by atoms with Crippen LogP contribution in [0, 0.1) is 0 Å². The highest BCUT2D eigenvalue weighted by Crippen LogP contribution is 2.32. The second-order valence-corrected chi connectivity index (χ2v) is 8.10. The topological polar surface area (TPSA) is 57.2 Å².